The van der Waals surface area contributed by atoms with Crippen LogP contribution in [-0.2, 0) is 21.9 Å². The monoisotopic (exact) mass is 504 g/mol. The summed E-state index contributed by atoms with van der Waals surface area (Å²) < 4.78 is 14.0. The van der Waals surface area contributed by atoms with E-state index in [0.717, 1.165) is 5.56 Å². The van der Waals surface area contributed by atoms with Gasteiger partial charge in [0.25, 0.3) is 0 Å². The van der Waals surface area contributed by atoms with Gasteiger partial charge in [0, 0.05) is 28.9 Å². The van der Waals surface area contributed by atoms with Gasteiger partial charge in [0.05, 0.1) is 15.8 Å². The first-order valence-corrected chi connectivity index (χ1v) is 11.9. The average molecular weight is 506 g/mol. The molecular formula is C22H24Cl3FN2O2S. The van der Waals surface area contributed by atoms with Crippen molar-refractivity contribution in [2.24, 2.45) is 0 Å². The molecule has 2 rings (SSSR count). The van der Waals surface area contributed by atoms with Crippen molar-refractivity contribution in [1.82, 2.24) is 10.2 Å². The average Bonchev–Trinajstić information content (AvgIpc) is 2.69. The van der Waals surface area contributed by atoms with Crippen LogP contribution in [0.15, 0.2) is 36.4 Å². The summed E-state index contributed by atoms with van der Waals surface area (Å²) in [5.41, 5.74) is 1.10. The first-order valence-electron chi connectivity index (χ1n) is 9.64. The molecule has 0 fully saturated rings. The molecule has 0 radical (unpaired) electrons. The Morgan fingerprint density at radius 1 is 1.06 bits per heavy atom. The van der Waals surface area contributed by atoms with Crippen molar-refractivity contribution in [3.05, 3.63) is 68.4 Å². The lowest BCUT2D eigenvalue weighted by Gasteiger charge is -2.29. The molecule has 2 amide bonds. The van der Waals surface area contributed by atoms with E-state index in [1.165, 1.54) is 28.8 Å². The van der Waals surface area contributed by atoms with E-state index in [9.17, 15) is 14.0 Å². The fourth-order valence-corrected chi connectivity index (χ4v) is 4.39. The van der Waals surface area contributed by atoms with Gasteiger partial charge in [0.1, 0.15) is 11.9 Å². The highest BCUT2D eigenvalue weighted by Gasteiger charge is 2.26. The van der Waals surface area contributed by atoms with Crippen molar-refractivity contribution in [3.63, 3.8) is 0 Å². The Hall–Kier alpha value is -1.47. The van der Waals surface area contributed by atoms with Crippen molar-refractivity contribution < 1.29 is 14.0 Å². The molecule has 0 aliphatic rings. The minimum Gasteiger partial charge on any atom is -0.352 e. The summed E-state index contributed by atoms with van der Waals surface area (Å²) in [7, 11) is 0. The summed E-state index contributed by atoms with van der Waals surface area (Å²) >= 11 is 19.4. The minimum absolute atomic E-state index is 0.0607. The Labute approximate surface area is 201 Å². The van der Waals surface area contributed by atoms with E-state index in [2.05, 4.69) is 5.32 Å². The Morgan fingerprint density at radius 2 is 1.77 bits per heavy atom. The summed E-state index contributed by atoms with van der Waals surface area (Å²) in [5, 5.41) is 3.92. The van der Waals surface area contributed by atoms with Crippen LogP contribution in [-0.4, -0.2) is 34.6 Å². The number of thioether (sulfide) groups is 1. The van der Waals surface area contributed by atoms with E-state index in [0.29, 0.717) is 20.6 Å². The summed E-state index contributed by atoms with van der Waals surface area (Å²) in [6.07, 6.45) is 0. The standard InChI is InChI=1S/C22H24Cl3FN2O2S/c1-13(2)27-22(30)14(3)28(10-15-7-8-18(24)19(25)9-15)21(29)12-31-11-16-17(23)5-4-6-20(16)26/h4-9,13-14H,10-12H2,1-3H3,(H,27,30)/t14-/m1/s1. The van der Waals surface area contributed by atoms with Crippen LogP contribution in [0.2, 0.25) is 15.1 Å². The molecular weight excluding hydrogens is 482 g/mol. The highest BCUT2D eigenvalue weighted by molar-refractivity contribution is 7.99. The van der Waals surface area contributed by atoms with Crippen LogP contribution in [0, 0.1) is 5.82 Å². The van der Waals surface area contributed by atoms with Gasteiger partial charge in [0.2, 0.25) is 11.8 Å². The van der Waals surface area contributed by atoms with E-state index in [1.807, 2.05) is 13.8 Å². The summed E-state index contributed by atoms with van der Waals surface area (Å²) in [6, 6.07) is 8.78. The lowest BCUT2D eigenvalue weighted by atomic mass is 10.1. The van der Waals surface area contributed by atoms with Crippen LogP contribution in [0.3, 0.4) is 0 Å². The fourth-order valence-electron chi connectivity index (χ4n) is 2.82. The summed E-state index contributed by atoms with van der Waals surface area (Å²) in [4.78, 5) is 27.1. The second-order valence-corrected chi connectivity index (χ2v) is 9.51. The maximum absolute atomic E-state index is 14.0. The van der Waals surface area contributed by atoms with Crippen LogP contribution >= 0.6 is 46.6 Å². The molecule has 0 aromatic heterocycles. The Morgan fingerprint density at radius 3 is 2.39 bits per heavy atom. The van der Waals surface area contributed by atoms with Crippen LogP contribution in [0.25, 0.3) is 0 Å². The number of nitrogens with zero attached hydrogens (tertiary/aromatic N) is 1. The largest absolute Gasteiger partial charge is 0.352 e. The number of carbonyl (C=O) groups is 2. The number of hydrogen-bond donors (Lipinski definition) is 1. The first-order chi connectivity index (χ1) is 14.6. The van der Waals surface area contributed by atoms with Gasteiger partial charge < -0.3 is 10.2 Å². The molecule has 0 bridgehead atoms. The molecule has 168 valence electrons. The third kappa shape index (κ3) is 7.56. The van der Waals surface area contributed by atoms with Gasteiger partial charge in [-0.25, -0.2) is 4.39 Å². The molecule has 1 N–H and O–H groups in total. The molecule has 0 spiro atoms. The third-order valence-corrected chi connectivity index (χ3v) is 6.51. The molecule has 0 aliphatic carbocycles. The zero-order valence-corrected chi connectivity index (χ0v) is 20.5. The quantitative estimate of drug-likeness (QED) is 0.457. The smallest absolute Gasteiger partial charge is 0.242 e. The number of carbonyl (C=O) groups excluding carboxylic acids is 2. The van der Waals surface area contributed by atoms with Crippen molar-refractivity contribution in [1.29, 1.82) is 0 Å². The van der Waals surface area contributed by atoms with E-state index >= 15 is 0 Å². The van der Waals surface area contributed by atoms with Crippen molar-refractivity contribution >= 4 is 58.4 Å². The normalized spacial score (nSPS) is 12.0. The second kappa shape index (κ2) is 12.0. The fraction of sp³-hybridized carbons (Fsp3) is 0.364. The molecule has 2 aromatic rings. The lowest BCUT2D eigenvalue weighted by molar-refractivity contribution is -0.138. The molecule has 31 heavy (non-hydrogen) atoms. The van der Waals surface area contributed by atoms with Crippen LogP contribution in [0.1, 0.15) is 31.9 Å². The maximum Gasteiger partial charge on any atom is 0.242 e. The van der Waals surface area contributed by atoms with E-state index in [1.54, 1.807) is 31.2 Å². The van der Waals surface area contributed by atoms with Gasteiger partial charge in [-0.15, -0.1) is 11.8 Å². The molecule has 9 heteroatoms. The van der Waals surface area contributed by atoms with E-state index < -0.39 is 11.9 Å². The molecule has 2 aromatic carbocycles. The van der Waals surface area contributed by atoms with Crippen molar-refractivity contribution in [3.8, 4) is 0 Å². The van der Waals surface area contributed by atoms with Gasteiger partial charge in [-0.1, -0.05) is 46.9 Å². The zero-order chi connectivity index (χ0) is 23.1. The van der Waals surface area contributed by atoms with Gasteiger partial charge in [-0.3, -0.25) is 9.59 Å². The Bertz CT molecular complexity index is 923. The Kier molecular flexibility index (Phi) is 9.94. The minimum atomic E-state index is -0.706. The molecule has 0 saturated heterocycles. The summed E-state index contributed by atoms with van der Waals surface area (Å²) in [6.45, 7) is 5.56. The van der Waals surface area contributed by atoms with Gasteiger partial charge in [-0.2, -0.15) is 0 Å². The number of nitrogens with one attached hydrogen (secondary N) is 1. The summed E-state index contributed by atoms with van der Waals surface area (Å²) in [5.74, 6) is -0.624. The highest BCUT2D eigenvalue weighted by atomic mass is 35.5. The zero-order valence-electron chi connectivity index (χ0n) is 17.4. The van der Waals surface area contributed by atoms with E-state index in [-0.39, 0.29) is 35.9 Å². The second-order valence-electron chi connectivity index (χ2n) is 7.30. The SMILES string of the molecule is CC(C)NC(=O)[C@@H](C)N(Cc1ccc(Cl)c(Cl)c1)C(=O)CSCc1c(F)cccc1Cl. The highest BCUT2D eigenvalue weighted by Crippen LogP contribution is 2.26. The molecule has 0 heterocycles. The molecule has 0 unspecified atom stereocenters. The molecule has 0 aliphatic heterocycles. The van der Waals surface area contributed by atoms with Crippen LogP contribution < -0.4 is 5.32 Å². The predicted molar refractivity (Wildman–Crippen MR) is 127 cm³/mol. The molecule has 4 nitrogen and oxygen atoms in total. The van der Waals surface area contributed by atoms with Crippen LogP contribution in [0.4, 0.5) is 4.39 Å². The molecule has 0 saturated carbocycles. The number of rotatable bonds is 9. The van der Waals surface area contributed by atoms with Crippen molar-refractivity contribution in [2.45, 2.75) is 45.2 Å². The number of benzene rings is 2. The van der Waals surface area contributed by atoms with Gasteiger partial charge in [0.15, 0.2) is 0 Å². The van der Waals surface area contributed by atoms with Gasteiger partial charge >= 0.3 is 0 Å². The first kappa shape index (κ1) is 25.8. The van der Waals surface area contributed by atoms with E-state index in [4.69, 9.17) is 34.8 Å². The number of amides is 2. The maximum atomic E-state index is 14.0. The lowest BCUT2D eigenvalue weighted by Crippen LogP contribution is -2.49. The van der Waals surface area contributed by atoms with Crippen molar-refractivity contribution in [2.75, 3.05) is 5.75 Å². The third-order valence-electron chi connectivity index (χ3n) is 4.47. The topological polar surface area (TPSA) is 49.4 Å². The van der Waals surface area contributed by atoms with Gasteiger partial charge in [-0.05, 0) is 50.6 Å². The molecule has 1 atom stereocenters. The number of hydrogen-bond acceptors (Lipinski definition) is 3. The Balaban J connectivity index is 2.14. The number of halogens is 4. The predicted octanol–water partition coefficient (Wildman–Crippen LogP) is 5.96. The van der Waals surface area contributed by atoms with Crippen LogP contribution in [0.5, 0.6) is 0 Å².